The first-order valence-corrected chi connectivity index (χ1v) is 4.06. The van der Waals surface area contributed by atoms with Crippen molar-refractivity contribution in [2.24, 2.45) is 0 Å². The number of rotatable bonds is 3. The van der Waals surface area contributed by atoms with Gasteiger partial charge in [-0.15, -0.1) is 0 Å². The molecule has 0 saturated carbocycles. The largest absolute Gasteiger partial charge is 0.372 e. The van der Waals surface area contributed by atoms with E-state index >= 15 is 0 Å². The van der Waals surface area contributed by atoms with Crippen molar-refractivity contribution in [3.63, 3.8) is 0 Å². The predicted octanol–water partition coefficient (Wildman–Crippen LogP) is 2.18. The van der Waals surface area contributed by atoms with E-state index in [-0.39, 0.29) is 0 Å². The zero-order valence-corrected chi connectivity index (χ0v) is 7.17. The van der Waals surface area contributed by atoms with Gasteiger partial charge in [-0.3, -0.25) is 0 Å². The van der Waals surface area contributed by atoms with Crippen LogP contribution in [0.25, 0.3) is 0 Å². The summed E-state index contributed by atoms with van der Waals surface area (Å²) in [4.78, 5) is 0. The van der Waals surface area contributed by atoms with Crippen LogP contribution >= 0.6 is 0 Å². The number of aryl methyl sites for hydroxylation is 1. The molecule has 0 radical (unpaired) electrons. The molecule has 2 nitrogen and oxygen atoms in total. The van der Waals surface area contributed by atoms with Gasteiger partial charge in [-0.25, -0.2) is 0 Å². The molecule has 0 heterocycles. The minimum atomic E-state index is 0.367. The molecule has 0 bridgehead atoms. The van der Waals surface area contributed by atoms with E-state index in [1.54, 1.807) is 0 Å². The lowest BCUT2D eigenvalue weighted by Gasteiger charge is -2.01. The van der Waals surface area contributed by atoms with Gasteiger partial charge < -0.3 is 5.32 Å². The highest BCUT2D eigenvalue weighted by Gasteiger charge is 1.90. The molecule has 0 atom stereocenters. The van der Waals surface area contributed by atoms with Crippen molar-refractivity contribution in [2.75, 3.05) is 11.9 Å². The molecule has 1 rings (SSSR count). The van der Waals surface area contributed by atoms with E-state index in [0.29, 0.717) is 6.54 Å². The van der Waals surface area contributed by atoms with Crippen LogP contribution in [0.3, 0.4) is 0 Å². The summed E-state index contributed by atoms with van der Waals surface area (Å²) < 4.78 is 0. The number of nitrogens with one attached hydrogen (secondary N) is 1. The van der Waals surface area contributed by atoms with Crippen LogP contribution in [-0.2, 0) is 6.42 Å². The predicted molar refractivity (Wildman–Crippen MR) is 49.9 cm³/mol. The Morgan fingerprint density at radius 3 is 2.50 bits per heavy atom. The monoisotopic (exact) mass is 160 g/mol. The Balaban J connectivity index is 2.60. The third-order valence-electron chi connectivity index (χ3n) is 1.73. The maximum Gasteiger partial charge on any atom is 0.103 e. The van der Waals surface area contributed by atoms with Gasteiger partial charge in [-0.1, -0.05) is 19.1 Å². The summed E-state index contributed by atoms with van der Waals surface area (Å²) in [5.41, 5.74) is 2.33. The minimum Gasteiger partial charge on any atom is -0.372 e. The van der Waals surface area contributed by atoms with Gasteiger partial charge >= 0.3 is 0 Å². The molecule has 0 unspecified atom stereocenters. The average Bonchev–Trinajstić information content (AvgIpc) is 2.15. The fourth-order valence-electron chi connectivity index (χ4n) is 1.000. The minimum absolute atomic E-state index is 0.367. The Morgan fingerprint density at radius 2 is 2.00 bits per heavy atom. The van der Waals surface area contributed by atoms with Crippen molar-refractivity contribution in [2.45, 2.75) is 13.3 Å². The lowest BCUT2D eigenvalue weighted by Crippen LogP contribution is -1.97. The van der Waals surface area contributed by atoms with E-state index in [4.69, 9.17) is 5.26 Å². The van der Waals surface area contributed by atoms with Crippen LogP contribution in [0.15, 0.2) is 24.3 Å². The Kier molecular flexibility index (Phi) is 3.16. The fraction of sp³-hybridized carbons (Fsp3) is 0.300. The number of hydrogen-bond acceptors (Lipinski definition) is 2. The zero-order chi connectivity index (χ0) is 8.81. The maximum atomic E-state index is 8.32. The molecule has 0 aromatic heterocycles. The molecule has 0 fully saturated rings. The Bertz CT molecular complexity index is 269. The van der Waals surface area contributed by atoms with E-state index in [1.807, 2.05) is 18.2 Å². The summed E-state index contributed by atoms with van der Waals surface area (Å²) in [6, 6.07) is 10.2. The highest BCUT2D eigenvalue weighted by atomic mass is 14.9. The topological polar surface area (TPSA) is 35.8 Å². The van der Waals surface area contributed by atoms with E-state index in [1.165, 1.54) is 5.56 Å². The third-order valence-corrected chi connectivity index (χ3v) is 1.73. The molecule has 12 heavy (non-hydrogen) atoms. The van der Waals surface area contributed by atoms with Crippen LogP contribution < -0.4 is 5.32 Å². The molecule has 0 spiro atoms. The Morgan fingerprint density at radius 1 is 1.33 bits per heavy atom. The highest BCUT2D eigenvalue weighted by Crippen LogP contribution is 2.08. The fourth-order valence-corrected chi connectivity index (χ4v) is 1.000. The number of hydrogen-bond donors (Lipinski definition) is 1. The quantitative estimate of drug-likeness (QED) is 0.688. The molecule has 0 saturated heterocycles. The molecule has 0 aliphatic heterocycles. The SMILES string of the molecule is CCc1ccc(NCC#N)cc1. The molecule has 0 aliphatic rings. The summed E-state index contributed by atoms with van der Waals surface area (Å²) in [6.45, 7) is 2.49. The molecule has 1 aromatic carbocycles. The molecule has 0 amide bonds. The van der Waals surface area contributed by atoms with Crippen LogP contribution in [0.1, 0.15) is 12.5 Å². The summed E-state index contributed by atoms with van der Waals surface area (Å²) in [7, 11) is 0. The van der Waals surface area contributed by atoms with Crippen molar-refractivity contribution in [1.29, 1.82) is 5.26 Å². The Labute approximate surface area is 72.8 Å². The van der Waals surface area contributed by atoms with E-state index in [9.17, 15) is 0 Å². The van der Waals surface area contributed by atoms with Gasteiger partial charge in [0.25, 0.3) is 0 Å². The van der Waals surface area contributed by atoms with Gasteiger partial charge in [-0.05, 0) is 24.1 Å². The lowest BCUT2D eigenvalue weighted by atomic mass is 10.1. The second-order valence-electron chi connectivity index (χ2n) is 2.56. The zero-order valence-electron chi connectivity index (χ0n) is 7.17. The van der Waals surface area contributed by atoms with Crippen molar-refractivity contribution >= 4 is 5.69 Å². The van der Waals surface area contributed by atoms with E-state index < -0.39 is 0 Å². The van der Waals surface area contributed by atoms with Crippen molar-refractivity contribution < 1.29 is 0 Å². The van der Waals surface area contributed by atoms with Gasteiger partial charge in [-0.2, -0.15) is 5.26 Å². The third kappa shape index (κ3) is 2.28. The maximum absolute atomic E-state index is 8.32. The lowest BCUT2D eigenvalue weighted by molar-refractivity contribution is 1.14. The van der Waals surface area contributed by atoms with Crippen LogP contribution in [-0.4, -0.2) is 6.54 Å². The van der Waals surface area contributed by atoms with Crippen molar-refractivity contribution in [1.82, 2.24) is 0 Å². The number of nitriles is 1. The summed E-state index contributed by atoms with van der Waals surface area (Å²) >= 11 is 0. The molecule has 0 aliphatic carbocycles. The smallest absolute Gasteiger partial charge is 0.103 e. The molecule has 2 heteroatoms. The first-order valence-electron chi connectivity index (χ1n) is 4.06. The first-order chi connectivity index (χ1) is 5.86. The van der Waals surface area contributed by atoms with Crippen molar-refractivity contribution in [3.8, 4) is 6.07 Å². The molecular weight excluding hydrogens is 148 g/mol. The van der Waals surface area contributed by atoms with Gasteiger partial charge in [0.2, 0.25) is 0 Å². The van der Waals surface area contributed by atoms with E-state index in [0.717, 1.165) is 12.1 Å². The van der Waals surface area contributed by atoms with Crippen LogP contribution in [0, 0.1) is 11.3 Å². The number of benzene rings is 1. The summed E-state index contributed by atoms with van der Waals surface area (Å²) in [5, 5.41) is 11.3. The Hall–Kier alpha value is -1.49. The van der Waals surface area contributed by atoms with E-state index in [2.05, 4.69) is 24.4 Å². The number of nitrogens with zero attached hydrogens (tertiary/aromatic N) is 1. The standard InChI is InChI=1S/C10H12N2/c1-2-9-3-5-10(6-4-9)12-8-7-11/h3-6,12H,2,8H2,1H3. The first kappa shape index (κ1) is 8.61. The summed E-state index contributed by atoms with van der Waals surface area (Å²) in [5.74, 6) is 0. The van der Waals surface area contributed by atoms with Gasteiger partial charge in [0, 0.05) is 5.69 Å². The number of anilines is 1. The summed E-state index contributed by atoms with van der Waals surface area (Å²) in [6.07, 6.45) is 1.05. The average molecular weight is 160 g/mol. The van der Waals surface area contributed by atoms with Gasteiger partial charge in [0.05, 0.1) is 6.07 Å². The van der Waals surface area contributed by atoms with Crippen LogP contribution in [0.2, 0.25) is 0 Å². The molecule has 1 aromatic rings. The van der Waals surface area contributed by atoms with Crippen molar-refractivity contribution in [3.05, 3.63) is 29.8 Å². The molecule has 62 valence electrons. The van der Waals surface area contributed by atoms with Crippen LogP contribution in [0.4, 0.5) is 5.69 Å². The second kappa shape index (κ2) is 4.40. The molecular formula is C10H12N2. The van der Waals surface area contributed by atoms with Gasteiger partial charge in [0.15, 0.2) is 0 Å². The van der Waals surface area contributed by atoms with Gasteiger partial charge in [0.1, 0.15) is 6.54 Å². The second-order valence-corrected chi connectivity index (χ2v) is 2.56. The van der Waals surface area contributed by atoms with Crippen LogP contribution in [0.5, 0.6) is 0 Å². The normalized spacial score (nSPS) is 9.00. The molecule has 1 N–H and O–H groups in total. The highest BCUT2D eigenvalue weighted by molar-refractivity contribution is 5.45.